The van der Waals surface area contributed by atoms with Gasteiger partial charge in [0.1, 0.15) is 11.6 Å². The second kappa shape index (κ2) is 4.93. The largest absolute Gasteiger partial charge is 0.438 e. The van der Waals surface area contributed by atoms with Gasteiger partial charge in [0, 0.05) is 5.56 Å². The number of aliphatic hydroxyl groups excluding tert-OH is 1. The Bertz CT molecular complexity index is 529. The normalized spacial score (nSPS) is 10.3. The number of nitrogens with zero attached hydrogens (tertiary/aromatic N) is 1. The average molecular weight is 233 g/mol. The van der Waals surface area contributed by atoms with Crippen LogP contribution in [0.15, 0.2) is 36.5 Å². The monoisotopic (exact) mass is 233 g/mol. The van der Waals surface area contributed by atoms with E-state index < -0.39 is 5.82 Å². The molecule has 0 aliphatic carbocycles. The van der Waals surface area contributed by atoms with E-state index in [1.165, 1.54) is 6.07 Å². The Morgan fingerprint density at radius 3 is 2.82 bits per heavy atom. The van der Waals surface area contributed by atoms with Crippen molar-refractivity contribution in [2.75, 3.05) is 0 Å². The van der Waals surface area contributed by atoms with E-state index in [2.05, 4.69) is 4.98 Å². The van der Waals surface area contributed by atoms with Gasteiger partial charge in [-0.1, -0.05) is 18.2 Å². The predicted octanol–water partition coefficient (Wildman–Crippen LogP) is 2.81. The molecule has 0 spiro atoms. The van der Waals surface area contributed by atoms with Gasteiger partial charge >= 0.3 is 0 Å². The van der Waals surface area contributed by atoms with Gasteiger partial charge in [0.15, 0.2) is 0 Å². The van der Waals surface area contributed by atoms with E-state index in [0.29, 0.717) is 11.3 Å². The summed E-state index contributed by atoms with van der Waals surface area (Å²) in [6.45, 7) is 1.59. The van der Waals surface area contributed by atoms with Crippen LogP contribution < -0.4 is 4.74 Å². The van der Waals surface area contributed by atoms with Crippen molar-refractivity contribution in [2.24, 2.45) is 0 Å². The first kappa shape index (κ1) is 11.5. The first-order valence-corrected chi connectivity index (χ1v) is 5.19. The van der Waals surface area contributed by atoms with E-state index in [1.807, 2.05) is 25.1 Å². The lowest BCUT2D eigenvalue weighted by Crippen LogP contribution is -1.97. The maximum absolute atomic E-state index is 12.9. The van der Waals surface area contributed by atoms with Gasteiger partial charge in [-0.15, -0.1) is 0 Å². The molecule has 3 nitrogen and oxygen atoms in total. The Morgan fingerprint density at radius 2 is 2.12 bits per heavy atom. The van der Waals surface area contributed by atoms with Gasteiger partial charge in [0.2, 0.25) is 5.88 Å². The third-order valence-electron chi connectivity index (χ3n) is 2.36. The van der Waals surface area contributed by atoms with Crippen LogP contribution >= 0.6 is 0 Å². The number of aliphatic hydroxyl groups is 1. The van der Waals surface area contributed by atoms with E-state index in [1.54, 1.807) is 6.07 Å². The summed E-state index contributed by atoms with van der Waals surface area (Å²) < 4.78 is 18.5. The van der Waals surface area contributed by atoms with Gasteiger partial charge in [0.05, 0.1) is 12.8 Å². The molecule has 0 aliphatic rings. The van der Waals surface area contributed by atoms with Crippen LogP contribution in [0.3, 0.4) is 0 Å². The molecule has 2 aromatic rings. The second-order valence-electron chi connectivity index (χ2n) is 3.64. The molecule has 1 heterocycles. The number of halogens is 1. The van der Waals surface area contributed by atoms with Crippen LogP contribution in [0.4, 0.5) is 4.39 Å². The topological polar surface area (TPSA) is 42.4 Å². The second-order valence-corrected chi connectivity index (χ2v) is 3.64. The van der Waals surface area contributed by atoms with E-state index in [9.17, 15) is 4.39 Å². The molecule has 0 unspecified atom stereocenters. The fourth-order valence-corrected chi connectivity index (χ4v) is 1.45. The average Bonchev–Trinajstić information content (AvgIpc) is 2.34. The van der Waals surface area contributed by atoms with Crippen LogP contribution in [-0.2, 0) is 6.61 Å². The van der Waals surface area contributed by atoms with Crippen LogP contribution in [0.2, 0.25) is 0 Å². The Kier molecular flexibility index (Phi) is 3.35. The number of rotatable bonds is 3. The van der Waals surface area contributed by atoms with Gasteiger partial charge < -0.3 is 9.84 Å². The zero-order valence-corrected chi connectivity index (χ0v) is 9.35. The Hall–Kier alpha value is -1.94. The molecule has 88 valence electrons. The molecule has 0 radical (unpaired) electrons. The Balaban J connectivity index is 2.33. The van der Waals surface area contributed by atoms with Gasteiger partial charge in [-0.2, -0.15) is 0 Å². The smallest absolute Gasteiger partial charge is 0.224 e. The number of benzene rings is 1. The zero-order chi connectivity index (χ0) is 12.3. The van der Waals surface area contributed by atoms with Crippen molar-refractivity contribution in [1.29, 1.82) is 0 Å². The minimum atomic E-state index is -0.494. The summed E-state index contributed by atoms with van der Waals surface area (Å²) >= 11 is 0. The standard InChI is InChI=1S/C13H12FNO2/c1-9-4-2-3-5-12(9)17-13-10(8-16)6-11(14)7-15-13/h2-7,16H,8H2,1H3. The van der Waals surface area contributed by atoms with Crippen molar-refractivity contribution in [1.82, 2.24) is 4.98 Å². The number of aromatic nitrogens is 1. The lowest BCUT2D eigenvalue weighted by molar-refractivity contribution is 0.274. The van der Waals surface area contributed by atoms with Crippen LogP contribution in [0.5, 0.6) is 11.6 Å². The molecule has 0 amide bonds. The summed E-state index contributed by atoms with van der Waals surface area (Å²) in [6.07, 6.45) is 1.06. The molecule has 0 fully saturated rings. The van der Waals surface area contributed by atoms with Crippen LogP contribution in [-0.4, -0.2) is 10.1 Å². The minimum Gasteiger partial charge on any atom is -0.438 e. The molecule has 1 N–H and O–H groups in total. The van der Waals surface area contributed by atoms with Crippen molar-refractivity contribution in [3.05, 3.63) is 53.5 Å². The van der Waals surface area contributed by atoms with Gasteiger partial charge in [0.25, 0.3) is 0 Å². The summed E-state index contributed by atoms with van der Waals surface area (Å²) in [6, 6.07) is 8.64. The number of aryl methyl sites for hydroxylation is 1. The van der Waals surface area contributed by atoms with E-state index in [0.717, 1.165) is 11.8 Å². The number of hydrogen-bond donors (Lipinski definition) is 1. The molecule has 0 saturated carbocycles. The summed E-state index contributed by atoms with van der Waals surface area (Å²) in [5, 5.41) is 9.10. The molecule has 0 atom stereocenters. The summed E-state index contributed by atoms with van der Waals surface area (Å²) in [7, 11) is 0. The SMILES string of the molecule is Cc1ccccc1Oc1ncc(F)cc1CO. The number of ether oxygens (including phenoxy) is 1. The van der Waals surface area contributed by atoms with Crippen LogP contribution in [0, 0.1) is 12.7 Å². The number of hydrogen-bond acceptors (Lipinski definition) is 3. The number of pyridine rings is 1. The molecule has 1 aromatic heterocycles. The third kappa shape index (κ3) is 2.60. The molecular formula is C13H12FNO2. The predicted molar refractivity (Wildman–Crippen MR) is 61.4 cm³/mol. The first-order chi connectivity index (χ1) is 8.20. The van der Waals surface area contributed by atoms with E-state index in [-0.39, 0.29) is 12.5 Å². The fraction of sp³-hybridized carbons (Fsp3) is 0.154. The van der Waals surface area contributed by atoms with Gasteiger partial charge in [-0.25, -0.2) is 9.37 Å². The van der Waals surface area contributed by atoms with Gasteiger partial charge in [-0.3, -0.25) is 0 Å². The molecule has 1 aromatic carbocycles. The van der Waals surface area contributed by atoms with Gasteiger partial charge in [-0.05, 0) is 24.6 Å². The highest BCUT2D eigenvalue weighted by molar-refractivity contribution is 5.37. The lowest BCUT2D eigenvalue weighted by Gasteiger charge is -2.10. The van der Waals surface area contributed by atoms with Crippen LogP contribution in [0.25, 0.3) is 0 Å². The van der Waals surface area contributed by atoms with Crippen molar-refractivity contribution in [3.8, 4) is 11.6 Å². The molecular weight excluding hydrogens is 221 g/mol. The Labute approximate surface area is 98.5 Å². The van der Waals surface area contributed by atoms with Crippen molar-refractivity contribution >= 4 is 0 Å². The fourth-order valence-electron chi connectivity index (χ4n) is 1.45. The van der Waals surface area contributed by atoms with E-state index in [4.69, 9.17) is 9.84 Å². The third-order valence-corrected chi connectivity index (χ3v) is 2.36. The summed E-state index contributed by atoms with van der Waals surface area (Å²) in [5.41, 5.74) is 1.27. The molecule has 17 heavy (non-hydrogen) atoms. The zero-order valence-electron chi connectivity index (χ0n) is 9.35. The molecule has 0 bridgehead atoms. The molecule has 0 aliphatic heterocycles. The Morgan fingerprint density at radius 1 is 1.35 bits per heavy atom. The van der Waals surface area contributed by atoms with Crippen molar-refractivity contribution < 1.29 is 14.2 Å². The lowest BCUT2D eigenvalue weighted by atomic mass is 10.2. The van der Waals surface area contributed by atoms with Crippen LogP contribution in [0.1, 0.15) is 11.1 Å². The van der Waals surface area contributed by atoms with E-state index >= 15 is 0 Å². The quantitative estimate of drug-likeness (QED) is 0.886. The maximum atomic E-state index is 12.9. The highest BCUT2D eigenvalue weighted by atomic mass is 19.1. The summed E-state index contributed by atoms with van der Waals surface area (Å²) in [4.78, 5) is 3.83. The van der Waals surface area contributed by atoms with Crippen molar-refractivity contribution in [3.63, 3.8) is 0 Å². The highest BCUT2D eigenvalue weighted by Crippen LogP contribution is 2.26. The maximum Gasteiger partial charge on any atom is 0.224 e. The molecule has 2 rings (SSSR count). The molecule has 0 saturated heterocycles. The van der Waals surface area contributed by atoms with Crippen molar-refractivity contribution in [2.45, 2.75) is 13.5 Å². The first-order valence-electron chi connectivity index (χ1n) is 5.19. The molecule has 4 heteroatoms. The highest BCUT2D eigenvalue weighted by Gasteiger charge is 2.08. The number of para-hydroxylation sites is 1. The summed E-state index contributed by atoms with van der Waals surface area (Å²) in [5.74, 6) is 0.371. The minimum absolute atomic E-state index is 0.225.